The van der Waals surface area contributed by atoms with Crippen LogP contribution in [0.5, 0.6) is 0 Å². The lowest BCUT2D eigenvalue weighted by Gasteiger charge is -2.34. The summed E-state index contributed by atoms with van der Waals surface area (Å²) in [6.07, 6.45) is 12.8. The van der Waals surface area contributed by atoms with E-state index in [1.807, 2.05) is 12.4 Å². The minimum atomic E-state index is 0.299. The minimum absolute atomic E-state index is 0.299. The lowest BCUT2D eigenvalue weighted by molar-refractivity contribution is 0.288. The van der Waals surface area contributed by atoms with Crippen molar-refractivity contribution in [1.82, 2.24) is 10.3 Å². The highest BCUT2D eigenvalue weighted by Crippen LogP contribution is 2.28. The van der Waals surface area contributed by atoms with Crippen LogP contribution in [0.15, 0.2) is 22.9 Å². The number of aromatic nitrogens is 1. The molecule has 0 bridgehead atoms. The Bertz CT molecular complexity index is 371. The highest BCUT2D eigenvalue weighted by atomic mass is 79.9. The monoisotopic (exact) mass is 310 g/mol. The predicted octanol–water partition coefficient (Wildman–Crippen LogP) is 4.09. The summed E-state index contributed by atoms with van der Waals surface area (Å²) >= 11 is 3.52. The molecule has 1 saturated heterocycles. The molecule has 2 nitrogen and oxygen atoms in total. The van der Waals surface area contributed by atoms with Crippen molar-refractivity contribution in [2.24, 2.45) is 0 Å². The van der Waals surface area contributed by atoms with Gasteiger partial charge in [-0.3, -0.25) is 4.98 Å². The third kappa shape index (κ3) is 3.79. The SMILES string of the molecule is CCCC1(Cc2cncc(Br)c2)CCCCCN1. The van der Waals surface area contributed by atoms with Crippen molar-refractivity contribution < 1.29 is 0 Å². The molecular weight excluding hydrogens is 288 g/mol. The first-order chi connectivity index (χ1) is 8.74. The molecule has 0 aromatic carbocycles. The molecular formula is C15H23BrN2. The zero-order valence-corrected chi connectivity index (χ0v) is 12.8. The Morgan fingerprint density at radius 3 is 3.00 bits per heavy atom. The lowest BCUT2D eigenvalue weighted by Crippen LogP contribution is -2.46. The second-order valence-electron chi connectivity index (χ2n) is 5.46. The third-order valence-electron chi connectivity index (χ3n) is 3.86. The molecule has 2 heterocycles. The number of nitrogens with one attached hydrogen (secondary N) is 1. The van der Waals surface area contributed by atoms with Gasteiger partial charge in [-0.05, 0) is 59.8 Å². The largest absolute Gasteiger partial charge is 0.311 e. The van der Waals surface area contributed by atoms with Crippen molar-refractivity contribution in [3.05, 3.63) is 28.5 Å². The standard InChI is InChI=1S/C15H23BrN2/c1-2-6-15(7-4-3-5-8-18-15)10-13-9-14(16)12-17-11-13/h9,11-12,18H,2-8,10H2,1H3. The predicted molar refractivity (Wildman–Crippen MR) is 79.8 cm³/mol. The summed E-state index contributed by atoms with van der Waals surface area (Å²) in [5.74, 6) is 0. The fraction of sp³-hybridized carbons (Fsp3) is 0.667. The average Bonchev–Trinajstić information content (AvgIpc) is 2.55. The molecule has 1 aromatic rings. The smallest absolute Gasteiger partial charge is 0.0410 e. The first kappa shape index (κ1) is 14.0. The second-order valence-corrected chi connectivity index (χ2v) is 6.37. The highest BCUT2D eigenvalue weighted by Gasteiger charge is 2.29. The number of nitrogens with zero attached hydrogens (tertiary/aromatic N) is 1. The normalized spacial score (nSPS) is 24.8. The summed E-state index contributed by atoms with van der Waals surface area (Å²) in [7, 11) is 0. The van der Waals surface area contributed by atoms with Gasteiger partial charge in [0.2, 0.25) is 0 Å². The third-order valence-corrected chi connectivity index (χ3v) is 4.30. The van der Waals surface area contributed by atoms with Crippen molar-refractivity contribution in [1.29, 1.82) is 0 Å². The van der Waals surface area contributed by atoms with Crippen LogP contribution in [0.4, 0.5) is 0 Å². The maximum absolute atomic E-state index is 4.29. The second kappa shape index (κ2) is 6.67. The zero-order valence-electron chi connectivity index (χ0n) is 11.2. The van der Waals surface area contributed by atoms with Gasteiger partial charge in [-0.15, -0.1) is 0 Å². The van der Waals surface area contributed by atoms with E-state index in [2.05, 4.69) is 39.2 Å². The van der Waals surface area contributed by atoms with Crippen molar-refractivity contribution in [3.8, 4) is 0 Å². The number of hydrogen-bond acceptors (Lipinski definition) is 2. The van der Waals surface area contributed by atoms with Gasteiger partial charge in [0.25, 0.3) is 0 Å². The minimum Gasteiger partial charge on any atom is -0.311 e. The molecule has 100 valence electrons. The van der Waals surface area contributed by atoms with Crippen LogP contribution in [0.25, 0.3) is 0 Å². The summed E-state index contributed by atoms with van der Waals surface area (Å²) in [6.45, 7) is 3.45. The Morgan fingerprint density at radius 1 is 1.33 bits per heavy atom. The van der Waals surface area contributed by atoms with Crippen LogP contribution >= 0.6 is 15.9 Å². The Labute approximate surface area is 119 Å². The van der Waals surface area contributed by atoms with Gasteiger partial charge in [0.15, 0.2) is 0 Å². The van der Waals surface area contributed by atoms with Crippen molar-refractivity contribution >= 4 is 15.9 Å². The van der Waals surface area contributed by atoms with Gasteiger partial charge in [0.1, 0.15) is 0 Å². The quantitative estimate of drug-likeness (QED) is 0.906. The van der Waals surface area contributed by atoms with Crippen LogP contribution in [0.1, 0.15) is 51.0 Å². The van der Waals surface area contributed by atoms with Gasteiger partial charge in [-0.25, -0.2) is 0 Å². The lowest BCUT2D eigenvalue weighted by atomic mass is 9.83. The van der Waals surface area contributed by atoms with Crippen LogP contribution < -0.4 is 5.32 Å². The fourth-order valence-electron chi connectivity index (χ4n) is 3.08. The van der Waals surface area contributed by atoms with E-state index in [0.29, 0.717) is 5.54 Å². The average molecular weight is 311 g/mol. The Morgan fingerprint density at radius 2 is 2.22 bits per heavy atom. The van der Waals surface area contributed by atoms with E-state index in [4.69, 9.17) is 0 Å². The molecule has 1 fully saturated rings. The number of pyridine rings is 1. The first-order valence-corrected chi connectivity index (χ1v) is 7.88. The van der Waals surface area contributed by atoms with Gasteiger partial charge >= 0.3 is 0 Å². The van der Waals surface area contributed by atoms with E-state index < -0.39 is 0 Å². The highest BCUT2D eigenvalue weighted by molar-refractivity contribution is 9.10. The molecule has 2 rings (SSSR count). The van der Waals surface area contributed by atoms with Gasteiger partial charge < -0.3 is 5.32 Å². The summed E-state index contributed by atoms with van der Waals surface area (Å²) in [5, 5.41) is 3.82. The molecule has 0 amide bonds. The topological polar surface area (TPSA) is 24.9 Å². The fourth-order valence-corrected chi connectivity index (χ4v) is 3.49. The van der Waals surface area contributed by atoms with Gasteiger partial charge in [-0.1, -0.05) is 26.2 Å². The zero-order chi connectivity index (χ0) is 12.8. The number of rotatable bonds is 4. The molecule has 0 saturated carbocycles. The van der Waals surface area contributed by atoms with Crippen LogP contribution in [0, 0.1) is 0 Å². The molecule has 1 aliphatic rings. The van der Waals surface area contributed by atoms with E-state index in [9.17, 15) is 0 Å². The number of halogens is 1. The van der Waals surface area contributed by atoms with Crippen molar-refractivity contribution in [2.75, 3.05) is 6.54 Å². The molecule has 1 aliphatic heterocycles. The summed E-state index contributed by atoms with van der Waals surface area (Å²) in [5.41, 5.74) is 1.64. The Kier molecular flexibility index (Phi) is 5.19. The summed E-state index contributed by atoms with van der Waals surface area (Å²) in [6, 6.07) is 2.21. The maximum atomic E-state index is 4.29. The van der Waals surface area contributed by atoms with Crippen LogP contribution in [-0.2, 0) is 6.42 Å². The van der Waals surface area contributed by atoms with Crippen molar-refractivity contribution in [3.63, 3.8) is 0 Å². The van der Waals surface area contributed by atoms with Crippen molar-refractivity contribution in [2.45, 2.75) is 57.4 Å². The van der Waals surface area contributed by atoms with Gasteiger partial charge in [0, 0.05) is 22.4 Å². The molecule has 1 atom stereocenters. The molecule has 0 spiro atoms. The molecule has 3 heteroatoms. The van der Waals surface area contributed by atoms with E-state index in [-0.39, 0.29) is 0 Å². The van der Waals surface area contributed by atoms with Crippen LogP contribution in [0.2, 0.25) is 0 Å². The molecule has 1 N–H and O–H groups in total. The molecule has 1 unspecified atom stereocenters. The molecule has 18 heavy (non-hydrogen) atoms. The van der Waals surface area contributed by atoms with Crippen LogP contribution in [-0.4, -0.2) is 17.1 Å². The van der Waals surface area contributed by atoms with E-state index in [1.54, 1.807) is 0 Å². The van der Waals surface area contributed by atoms with E-state index in [0.717, 1.165) is 10.9 Å². The summed E-state index contributed by atoms with van der Waals surface area (Å²) in [4.78, 5) is 4.29. The maximum Gasteiger partial charge on any atom is 0.0410 e. The molecule has 1 aromatic heterocycles. The van der Waals surface area contributed by atoms with E-state index in [1.165, 1.54) is 50.6 Å². The number of hydrogen-bond donors (Lipinski definition) is 1. The summed E-state index contributed by atoms with van der Waals surface area (Å²) < 4.78 is 1.08. The van der Waals surface area contributed by atoms with E-state index >= 15 is 0 Å². The molecule has 0 radical (unpaired) electrons. The molecule has 0 aliphatic carbocycles. The Hall–Kier alpha value is -0.410. The Balaban J connectivity index is 2.13. The van der Waals surface area contributed by atoms with Gasteiger partial charge in [-0.2, -0.15) is 0 Å². The first-order valence-electron chi connectivity index (χ1n) is 7.08. The van der Waals surface area contributed by atoms with Crippen LogP contribution in [0.3, 0.4) is 0 Å². The van der Waals surface area contributed by atoms with Gasteiger partial charge in [0.05, 0.1) is 0 Å².